The van der Waals surface area contributed by atoms with E-state index in [0.29, 0.717) is 5.69 Å². The summed E-state index contributed by atoms with van der Waals surface area (Å²) in [4.78, 5) is 23.8. The minimum Gasteiger partial charge on any atom is -0.465 e. The topological polar surface area (TPSA) is 92.8 Å². The van der Waals surface area contributed by atoms with Crippen molar-refractivity contribution in [3.8, 4) is 0 Å². The van der Waals surface area contributed by atoms with Crippen molar-refractivity contribution in [1.29, 1.82) is 0 Å². The number of rotatable bonds is 6. The van der Waals surface area contributed by atoms with Crippen LogP contribution in [-0.4, -0.2) is 40.2 Å². The zero-order valence-electron chi connectivity index (χ0n) is 14.7. The Hall–Kier alpha value is -2.87. The highest BCUT2D eigenvalue weighted by atomic mass is 32.2. The third kappa shape index (κ3) is 5.06. The molecule has 0 radical (unpaired) electrons. The minimum atomic E-state index is -3.70. The number of aryl methyl sites for hydroxylation is 1. The van der Waals surface area contributed by atoms with Gasteiger partial charge in [0, 0.05) is 5.69 Å². The highest BCUT2D eigenvalue weighted by Crippen LogP contribution is 2.19. The lowest BCUT2D eigenvalue weighted by Gasteiger charge is -2.22. The van der Waals surface area contributed by atoms with E-state index >= 15 is 0 Å². The number of methoxy groups -OCH3 is 1. The van der Waals surface area contributed by atoms with E-state index < -0.39 is 21.9 Å². The number of ether oxygens (including phenoxy) is 1. The second-order valence-corrected chi connectivity index (χ2v) is 7.63. The Bertz CT molecular complexity index is 907. The van der Waals surface area contributed by atoms with Gasteiger partial charge in [-0.25, -0.2) is 13.2 Å². The Kier molecular flexibility index (Phi) is 5.99. The minimum absolute atomic E-state index is 0.277. The number of benzene rings is 2. The monoisotopic (exact) mass is 376 g/mol. The fraction of sp³-hybridized carbons (Fsp3) is 0.222. The number of nitrogens with one attached hydrogen (secondary N) is 1. The molecule has 0 saturated heterocycles. The molecule has 0 aromatic heterocycles. The van der Waals surface area contributed by atoms with Gasteiger partial charge in [0.2, 0.25) is 15.9 Å². The lowest BCUT2D eigenvalue weighted by Crippen LogP contribution is -2.37. The average molecular weight is 376 g/mol. The molecule has 2 aromatic carbocycles. The Morgan fingerprint density at radius 2 is 1.77 bits per heavy atom. The molecule has 26 heavy (non-hydrogen) atoms. The van der Waals surface area contributed by atoms with Crippen LogP contribution in [0, 0.1) is 6.92 Å². The SMILES string of the molecule is COC(=O)c1ccc(N(CC(=O)Nc2cccc(C)c2)S(C)(=O)=O)cc1. The molecular weight excluding hydrogens is 356 g/mol. The maximum absolute atomic E-state index is 12.3. The number of nitrogens with zero attached hydrogens (tertiary/aromatic N) is 1. The fourth-order valence-corrected chi connectivity index (χ4v) is 3.19. The maximum atomic E-state index is 12.3. The summed E-state index contributed by atoms with van der Waals surface area (Å²) < 4.78 is 29.8. The molecule has 1 amide bonds. The van der Waals surface area contributed by atoms with Crippen LogP contribution >= 0.6 is 0 Å². The second kappa shape index (κ2) is 8.01. The molecule has 0 fully saturated rings. The van der Waals surface area contributed by atoms with Crippen LogP contribution in [0.4, 0.5) is 11.4 Å². The summed E-state index contributed by atoms with van der Waals surface area (Å²) in [7, 11) is -2.44. The molecule has 8 heteroatoms. The predicted octanol–water partition coefficient (Wildman–Crippen LogP) is 2.19. The van der Waals surface area contributed by atoms with Gasteiger partial charge < -0.3 is 10.1 Å². The molecule has 0 unspecified atom stereocenters. The van der Waals surface area contributed by atoms with Gasteiger partial charge in [-0.05, 0) is 48.9 Å². The first-order valence-corrected chi connectivity index (χ1v) is 9.58. The van der Waals surface area contributed by atoms with Crippen molar-refractivity contribution in [1.82, 2.24) is 0 Å². The van der Waals surface area contributed by atoms with Crippen LogP contribution < -0.4 is 9.62 Å². The Balaban J connectivity index is 2.20. The Labute approximate surface area is 152 Å². The molecule has 7 nitrogen and oxygen atoms in total. The third-order valence-corrected chi connectivity index (χ3v) is 4.71. The van der Waals surface area contributed by atoms with Gasteiger partial charge in [0.15, 0.2) is 0 Å². The van der Waals surface area contributed by atoms with E-state index in [1.807, 2.05) is 13.0 Å². The number of hydrogen-bond acceptors (Lipinski definition) is 5. The van der Waals surface area contributed by atoms with Crippen molar-refractivity contribution < 1.29 is 22.7 Å². The average Bonchev–Trinajstić information content (AvgIpc) is 2.58. The summed E-state index contributed by atoms with van der Waals surface area (Å²) in [6.07, 6.45) is 1.02. The van der Waals surface area contributed by atoms with Crippen molar-refractivity contribution in [2.45, 2.75) is 6.92 Å². The van der Waals surface area contributed by atoms with Crippen molar-refractivity contribution in [3.63, 3.8) is 0 Å². The standard InChI is InChI=1S/C18H20N2O5S/c1-13-5-4-6-15(11-13)19-17(21)12-20(26(3,23)24)16-9-7-14(8-10-16)18(22)25-2/h4-11H,12H2,1-3H3,(H,19,21). The number of carbonyl (C=O) groups is 2. The fourth-order valence-electron chi connectivity index (χ4n) is 2.34. The van der Waals surface area contributed by atoms with Gasteiger partial charge in [0.25, 0.3) is 0 Å². The van der Waals surface area contributed by atoms with Crippen molar-refractivity contribution in [2.24, 2.45) is 0 Å². The van der Waals surface area contributed by atoms with Crippen LogP contribution in [-0.2, 0) is 19.6 Å². The summed E-state index contributed by atoms with van der Waals surface area (Å²) in [5, 5.41) is 2.67. The molecule has 138 valence electrons. The van der Waals surface area contributed by atoms with Crippen LogP contribution in [0.2, 0.25) is 0 Å². The number of hydrogen-bond donors (Lipinski definition) is 1. The molecule has 0 saturated carbocycles. The first kappa shape index (κ1) is 19.5. The van der Waals surface area contributed by atoms with E-state index in [1.54, 1.807) is 18.2 Å². The molecule has 0 aliphatic rings. The van der Waals surface area contributed by atoms with Crippen molar-refractivity contribution in [3.05, 3.63) is 59.7 Å². The second-order valence-electron chi connectivity index (χ2n) is 5.73. The van der Waals surface area contributed by atoms with Gasteiger partial charge in [-0.3, -0.25) is 9.10 Å². The highest BCUT2D eigenvalue weighted by molar-refractivity contribution is 7.92. The van der Waals surface area contributed by atoms with Crippen LogP contribution in [0.25, 0.3) is 0 Å². The molecule has 0 aliphatic carbocycles. The first-order valence-electron chi connectivity index (χ1n) is 7.73. The molecule has 0 aliphatic heterocycles. The first-order chi connectivity index (χ1) is 12.2. The number of esters is 1. The van der Waals surface area contributed by atoms with Gasteiger partial charge >= 0.3 is 5.97 Å². The van der Waals surface area contributed by atoms with Gasteiger partial charge in [-0.2, -0.15) is 0 Å². The zero-order chi connectivity index (χ0) is 19.3. The van der Waals surface area contributed by atoms with E-state index in [-0.39, 0.29) is 17.8 Å². The highest BCUT2D eigenvalue weighted by Gasteiger charge is 2.21. The molecule has 2 aromatic rings. The lowest BCUT2D eigenvalue weighted by atomic mass is 10.2. The molecule has 0 atom stereocenters. The summed E-state index contributed by atoms with van der Waals surface area (Å²) in [5.74, 6) is -1.00. The number of anilines is 2. The normalized spacial score (nSPS) is 10.9. The smallest absolute Gasteiger partial charge is 0.337 e. The van der Waals surface area contributed by atoms with Crippen molar-refractivity contribution in [2.75, 3.05) is 29.5 Å². The molecule has 2 rings (SSSR count). The largest absolute Gasteiger partial charge is 0.465 e. The molecular formula is C18H20N2O5S. The van der Waals surface area contributed by atoms with E-state index in [9.17, 15) is 18.0 Å². The third-order valence-electron chi connectivity index (χ3n) is 3.57. The summed E-state index contributed by atoms with van der Waals surface area (Å²) >= 11 is 0. The summed E-state index contributed by atoms with van der Waals surface area (Å²) in [5.41, 5.74) is 2.12. The van der Waals surface area contributed by atoms with Crippen LogP contribution in [0.5, 0.6) is 0 Å². The van der Waals surface area contributed by atoms with Gasteiger partial charge in [0.1, 0.15) is 6.54 Å². The summed E-state index contributed by atoms with van der Waals surface area (Å²) in [6, 6.07) is 13.0. The summed E-state index contributed by atoms with van der Waals surface area (Å²) in [6.45, 7) is 1.51. The predicted molar refractivity (Wildman–Crippen MR) is 99.8 cm³/mol. The Morgan fingerprint density at radius 1 is 1.12 bits per heavy atom. The molecule has 0 bridgehead atoms. The van der Waals surface area contributed by atoms with Crippen LogP contribution in [0.3, 0.4) is 0 Å². The molecule has 0 heterocycles. The van der Waals surface area contributed by atoms with E-state index in [4.69, 9.17) is 0 Å². The zero-order valence-corrected chi connectivity index (χ0v) is 15.5. The molecule has 0 spiro atoms. The number of amides is 1. The van der Waals surface area contributed by atoms with E-state index in [2.05, 4.69) is 10.1 Å². The van der Waals surface area contributed by atoms with Crippen LogP contribution in [0.1, 0.15) is 15.9 Å². The molecule has 1 N–H and O–H groups in total. The van der Waals surface area contributed by atoms with Gasteiger partial charge in [0.05, 0.1) is 24.6 Å². The number of carbonyl (C=O) groups excluding carboxylic acids is 2. The maximum Gasteiger partial charge on any atom is 0.337 e. The quantitative estimate of drug-likeness (QED) is 0.780. The van der Waals surface area contributed by atoms with Crippen LogP contribution in [0.15, 0.2) is 48.5 Å². The van der Waals surface area contributed by atoms with Gasteiger partial charge in [-0.1, -0.05) is 12.1 Å². The van der Waals surface area contributed by atoms with Crippen molar-refractivity contribution >= 4 is 33.3 Å². The lowest BCUT2D eigenvalue weighted by molar-refractivity contribution is -0.114. The van der Waals surface area contributed by atoms with Gasteiger partial charge in [-0.15, -0.1) is 0 Å². The number of sulfonamides is 1. The van der Waals surface area contributed by atoms with E-state index in [1.165, 1.54) is 31.4 Å². The van der Waals surface area contributed by atoms with E-state index in [0.717, 1.165) is 16.1 Å². The Morgan fingerprint density at radius 3 is 2.31 bits per heavy atom.